The number of carbonyl (C=O) groups is 1. The SMILES string of the molecule is CC1CC(C/C=C/CCOOCCN2CCOCC2)C(O)C2C(=O)OCC12. The molecule has 0 radical (unpaired) electrons. The van der Waals surface area contributed by atoms with Gasteiger partial charge in [-0.05, 0) is 31.1 Å². The first-order chi connectivity index (χ1) is 13.2. The van der Waals surface area contributed by atoms with E-state index in [-0.39, 0.29) is 23.7 Å². The number of esters is 1. The Bertz CT molecular complexity index is 493. The predicted molar refractivity (Wildman–Crippen MR) is 98.8 cm³/mol. The van der Waals surface area contributed by atoms with Gasteiger partial charge in [-0.1, -0.05) is 19.1 Å². The molecule has 2 saturated heterocycles. The van der Waals surface area contributed by atoms with Crippen LogP contribution in [0.2, 0.25) is 0 Å². The van der Waals surface area contributed by atoms with Crippen molar-refractivity contribution in [2.75, 3.05) is 52.7 Å². The topological polar surface area (TPSA) is 77.5 Å². The molecule has 7 nitrogen and oxygen atoms in total. The van der Waals surface area contributed by atoms with Crippen molar-refractivity contribution in [3.8, 4) is 0 Å². The number of ether oxygens (including phenoxy) is 2. The van der Waals surface area contributed by atoms with Crippen molar-refractivity contribution in [2.24, 2.45) is 23.7 Å². The minimum Gasteiger partial charge on any atom is -0.465 e. The van der Waals surface area contributed by atoms with Crippen LogP contribution in [0.15, 0.2) is 12.2 Å². The Labute approximate surface area is 161 Å². The Hall–Kier alpha value is -0.990. The van der Waals surface area contributed by atoms with Crippen LogP contribution in [0.25, 0.3) is 0 Å². The van der Waals surface area contributed by atoms with Gasteiger partial charge in [0.2, 0.25) is 0 Å². The quantitative estimate of drug-likeness (QED) is 0.212. The van der Waals surface area contributed by atoms with Crippen molar-refractivity contribution < 1.29 is 29.1 Å². The van der Waals surface area contributed by atoms with Crippen LogP contribution >= 0.6 is 0 Å². The van der Waals surface area contributed by atoms with E-state index in [1.54, 1.807) is 0 Å². The number of rotatable bonds is 9. The van der Waals surface area contributed by atoms with Crippen LogP contribution in [0.5, 0.6) is 0 Å². The standard InChI is InChI=1S/C20H33NO6/c1-15-13-16(19(22)18-17(15)14-25-20(18)23)5-3-2-4-9-26-27-12-8-21-6-10-24-11-7-21/h2-3,15-19,22H,4-14H2,1H3/b3-2+. The third-order valence-electron chi connectivity index (χ3n) is 6.06. The number of nitrogens with zero attached hydrogens (tertiary/aromatic N) is 1. The monoisotopic (exact) mass is 383 g/mol. The summed E-state index contributed by atoms with van der Waals surface area (Å²) in [5, 5.41) is 10.5. The van der Waals surface area contributed by atoms with Gasteiger partial charge in [0.1, 0.15) is 0 Å². The molecule has 0 amide bonds. The van der Waals surface area contributed by atoms with Gasteiger partial charge in [-0.15, -0.1) is 0 Å². The molecule has 0 bridgehead atoms. The van der Waals surface area contributed by atoms with Crippen molar-refractivity contribution in [1.29, 1.82) is 0 Å². The highest BCUT2D eigenvalue weighted by Gasteiger charge is 2.50. The molecule has 1 aliphatic carbocycles. The Morgan fingerprint density at radius 1 is 1.22 bits per heavy atom. The molecule has 2 heterocycles. The van der Waals surface area contributed by atoms with Crippen LogP contribution in [0.4, 0.5) is 0 Å². The first-order valence-corrected chi connectivity index (χ1v) is 10.2. The molecule has 1 N–H and O–H groups in total. The largest absolute Gasteiger partial charge is 0.465 e. The number of aliphatic hydroxyl groups excluding tert-OH is 1. The van der Waals surface area contributed by atoms with E-state index in [1.165, 1.54) is 0 Å². The average molecular weight is 383 g/mol. The van der Waals surface area contributed by atoms with E-state index >= 15 is 0 Å². The summed E-state index contributed by atoms with van der Waals surface area (Å²) in [4.78, 5) is 24.6. The highest BCUT2D eigenvalue weighted by Crippen LogP contribution is 2.43. The molecule has 27 heavy (non-hydrogen) atoms. The minimum absolute atomic E-state index is 0.119. The molecule has 2 aliphatic heterocycles. The number of aliphatic hydroxyl groups is 1. The third kappa shape index (κ3) is 5.74. The fraction of sp³-hybridized carbons (Fsp3) is 0.850. The van der Waals surface area contributed by atoms with E-state index in [9.17, 15) is 9.90 Å². The lowest BCUT2D eigenvalue weighted by Gasteiger charge is -2.38. The first-order valence-electron chi connectivity index (χ1n) is 10.2. The molecule has 0 aromatic carbocycles. The Kier molecular flexibility index (Phi) is 8.08. The van der Waals surface area contributed by atoms with Crippen LogP contribution in [-0.2, 0) is 24.0 Å². The summed E-state index contributed by atoms with van der Waals surface area (Å²) < 4.78 is 10.5. The zero-order valence-corrected chi connectivity index (χ0v) is 16.3. The zero-order chi connectivity index (χ0) is 19.1. The number of fused-ring (bicyclic) bond motifs is 1. The van der Waals surface area contributed by atoms with Crippen LogP contribution in [0.3, 0.4) is 0 Å². The zero-order valence-electron chi connectivity index (χ0n) is 16.3. The molecule has 5 unspecified atom stereocenters. The minimum atomic E-state index is -0.592. The summed E-state index contributed by atoms with van der Waals surface area (Å²) in [6, 6.07) is 0. The number of carbonyl (C=O) groups excluding carboxylic acids is 1. The molecule has 3 rings (SSSR count). The summed E-state index contributed by atoms with van der Waals surface area (Å²) in [5.74, 6) is 0.141. The second-order valence-electron chi connectivity index (χ2n) is 7.88. The second-order valence-corrected chi connectivity index (χ2v) is 7.88. The molecular weight excluding hydrogens is 350 g/mol. The maximum Gasteiger partial charge on any atom is 0.312 e. The van der Waals surface area contributed by atoms with Crippen molar-refractivity contribution in [1.82, 2.24) is 4.90 Å². The van der Waals surface area contributed by atoms with Gasteiger partial charge in [-0.3, -0.25) is 9.69 Å². The highest BCUT2D eigenvalue weighted by atomic mass is 17.2. The van der Waals surface area contributed by atoms with Gasteiger partial charge >= 0.3 is 5.97 Å². The summed E-state index contributed by atoms with van der Waals surface area (Å²) >= 11 is 0. The summed E-state index contributed by atoms with van der Waals surface area (Å²) in [7, 11) is 0. The van der Waals surface area contributed by atoms with Gasteiger partial charge in [-0.25, -0.2) is 9.78 Å². The van der Waals surface area contributed by atoms with E-state index in [4.69, 9.17) is 19.2 Å². The van der Waals surface area contributed by atoms with Crippen LogP contribution < -0.4 is 0 Å². The van der Waals surface area contributed by atoms with Gasteiger partial charge < -0.3 is 14.6 Å². The van der Waals surface area contributed by atoms with E-state index < -0.39 is 6.10 Å². The second kappa shape index (κ2) is 10.5. The lowest BCUT2D eigenvalue weighted by molar-refractivity contribution is -0.294. The van der Waals surface area contributed by atoms with Crippen molar-refractivity contribution in [2.45, 2.75) is 32.3 Å². The van der Waals surface area contributed by atoms with Gasteiger partial charge in [0, 0.05) is 25.6 Å². The highest BCUT2D eigenvalue weighted by molar-refractivity contribution is 5.75. The van der Waals surface area contributed by atoms with Crippen molar-refractivity contribution >= 4 is 5.97 Å². The van der Waals surface area contributed by atoms with Crippen molar-refractivity contribution in [3.63, 3.8) is 0 Å². The number of allylic oxidation sites excluding steroid dienone is 1. The maximum absolute atomic E-state index is 11.9. The van der Waals surface area contributed by atoms with Crippen LogP contribution in [0, 0.1) is 23.7 Å². The van der Waals surface area contributed by atoms with E-state index in [2.05, 4.69) is 24.0 Å². The number of cyclic esters (lactones) is 1. The Morgan fingerprint density at radius 2 is 2.00 bits per heavy atom. The van der Waals surface area contributed by atoms with E-state index in [1.807, 2.05) is 0 Å². The smallest absolute Gasteiger partial charge is 0.312 e. The normalized spacial score (nSPS) is 34.7. The molecule has 5 atom stereocenters. The van der Waals surface area contributed by atoms with Crippen molar-refractivity contribution in [3.05, 3.63) is 12.2 Å². The lowest BCUT2D eigenvalue weighted by atomic mass is 9.67. The van der Waals surface area contributed by atoms with Gasteiger partial charge in [0.15, 0.2) is 0 Å². The Balaban J connectivity index is 1.25. The summed E-state index contributed by atoms with van der Waals surface area (Å²) in [6.07, 6.45) is 6.03. The number of morpholine rings is 1. The number of hydrogen-bond acceptors (Lipinski definition) is 7. The molecule has 0 aromatic rings. The van der Waals surface area contributed by atoms with Crippen LogP contribution in [0.1, 0.15) is 26.2 Å². The fourth-order valence-electron chi connectivity index (χ4n) is 4.40. The molecule has 0 spiro atoms. The Morgan fingerprint density at radius 3 is 2.81 bits per heavy atom. The fourth-order valence-corrected chi connectivity index (χ4v) is 4.40. The summed E-state index contributed by atoms with van der Waals surface area (Å²) in [5.41, 5.74) is 0. The third-order valence-corrected chi connectivity index (χ3v) is 6.06. The van der Waals surface area contributed by atoms with Crippen LogP contribution in [-0.4, -0.2) is 74.7 Å². The summed E-state index contributed by atoms with van der Waals surface area (Å²) in [6.45, 7) is 8.06. The molecule has 154 valence electrons. The first kappa shape index (κ1) is 20.7. The lowest BCUT2D eigenvalue weighted by Crippen LogP contribution is -2.43. The molecule has 3 aliphatic rings. The predicted octanol–water partition coefficient (Wildman–Crippen LogP) is 1.41. The molecule has 7 heteroatoms. The van der Waals surface area contributed by atoms with Gasteiger partial charge in [-0.2, -0.15) is 0 Å². The van der Waals surface area contributed by atoms with E-state index in [0.717, 1.165) is 52.1 Å². The van der Waals surface area contributed by atoms with Gasteiger partial charge in [0.25, 0.3) is 0 Å². The maximum atomic E-state index is 11.9. The molecule has 0 aromatic heterocycles. The molecular formula is C20H33NO6. The molecule has 1 saturated carbocycles. The molecule has 3 fully saturated rings. The average Bonchev–Trinajstić information content (AvgIpc) is 3.07. The van der Waals surface area contributed by atoms with E-state index in [0.29, 0.717) is 25.7 Å². The van der Waals surface area contributed by atoms with Gasteiger partial charge in [0.05, 0.1) is 45.1 Å². The number of hydrogen-bond donors (Lipinski definition) is 1.